The fourth-order valence-electron chi connectivity index (χ4n) is 2.89. The van der Waals surface area contributed by atoms with Crippen LogP contribution in [0.2, 0.25) is 5.02 Å². The van der Waals surface area contributed by atoms with E-state index in [1.807, 2.05) is 6.20 Å². The molecule has 0 saturated heterocycles. The lowest BCUT2D eigenvalue weighted by Gasteiger charge is -2.37. The molecule has 5 nitrogen and oxygen atoms in total. The topological polar surface area (TPSA) is 67.2 Å². The Labute approximate surface area is 138 Å². The molecule has 0 bridgehead atoms. The van der Waals surface area contributed by atoms with Crippen LogP contribution in [0.4, 0.5) is 4.39 Å². The van der Waals surface area contributed by atoms with E-state index in [0.29, 0.717) is 12.8 Å². The number of rotatable bonds is 4. The first kappa shape index (κ1) is 16.0. The van der Waals surface area contributed by atoms with Gasteiger partial charge in [0, 0.05) is 29.4 Å². The van der Waals surface area contributed by atoms with Crippen LogP contribution < -0.4 is 5.32 Å². The van der Waals surface area contributed by atoms with E-state index in [1.165, 1.54) is 6.07 Å². The Bertz CT molecular complexity index is 708. The Morgan fingerprint density at radius 3 is 2.78 bits per heavy atom. The van der Waals surface area contributed by atoms with E-state index in [2.05, 4.69) is 10.4 Å². The zero-order chi connectivity index (χ0) is 16.6. The fourth-order valence-corrected chi connectivity index (χ4v) is 3.11. The molecule has 122 valence electrons. The summed E-state index contributed by atoms with van der Waals surface area (Å²) in [5, 5.41) is 16.8. The molecule has 3 rings (SSSR count). The molecule has 1 aromatic carbocycles. The number of aromatic nitrogens is 2. The van der Waals surface area contributed by atoms with Gasteiger partial charge in [-0.2, -0.15) is 5.10 Å². The maximum absolute atomic E-state index is 13.4. The van der Waals surface area contributed by atoms with Gasteiger partial charge in [0.25, 0.3) is 5.91 Å². The van der Waals surface area contributed by atoms with Crippen molar-refractivity contribution >= 4 is 17.5 Å². The van der Waals surface area contributed by atoms with Crippen LogP contribution in [0.3, 0.4) is 0 Å². The third-order valence-corrected chi connectivity index (χ3v) is 4.33. The molecule has 1 aliphatic carbocycles. The lowest BCUT2D eigenvalue weighted by atomic mass is 9.75. The Kier molecular flexibility index (Phi) is 4.37. The number of aliphatic hydroxyl groups is 1. The predicted molar refractivity (Wildman–Crippen MR) is 83.6 cm³/mol. The van der Waals surface area contributed by atoms with Crippen molar-refractivity contribution in [2.75, 3.05) is 0 Å². The average Bonchev–Trinajstić information content (AvgIpc) is 2.87. The fraction of sp³-hybridized carbons (Fsp3) is 0.375. The van der Waals surface area contributed by atoms with Crippen LogP contribution in [0, 0.1) is 11.7 Å². The quantitative estimate of drug-likeness (QED) is 0.900. The summed E-state index contributed by atoms with van der Waals surface area (Å²) in [6.45, 7) is 0. The highest BCUT2D eigenvalue weighted by Gasteiger charge is 2.36. The molecule has 0 radical (unpaired) electrons. The normalized spacial score (nSPS) is 21.6. The van der Waals surface area contributed by atoms with E-state index in [0.717, 1.165) is 17.7 Å². The minimum absolute atomic E-state index is 0.127. The SMILES string of the molecule is Cn1cc([C@@H](NC(=O)c2cc(F)cc(Cl)c2)C2CC(O)C2)cn1. The van der Waals surface area contributed by atoms with Crippen molar-refractivity contribution in [2.24, 2.45) is 13.0 Å². The summed E-state index contributed by atoms with van der Waals surface area (Å²) in [6.07, 6.45) is 4.41. The first-order chi connectivity index (χ1) is 10.9. The zero-order valence-corrected chi connectivity index (χ0v) is 13.3. The first-order valence-corrected chi connectivity index (χ1v) is 7.73. The Hall–Kier alpha value is -1.92. The van der Waals surface area contributed by atoms with Crippen LogP contribution >= 0.6 is 11.6 Å². The van der Waals surface area contributed by atoms with Gasteiger partial charge in [-0.25, -0.2) is 4.39 Å². The van der Waals surface area contributed by atoms with Crippen LogP contribution in [-0.4, -0.2) is 26.9 Å². The maximum atomic E-state index is 13.4. The van der Waals surface area contributed by atoms with Crippen molar-refractivity contribution in [3.05, 3.63) is 52.6 Å². The molecular formula is C16H17ClFN3O2. The van der Waals surface area contributed by atoms with Gasteiger partial charge in [0.05, 0.1) is 18.3 Å². The van der Waals surface area contributed by atoms with Gasteiger partial charge in [-0.3, -0.25) is 9.48 Å². The van der Waals surface area contributed by atoms with E-state index < -0.39 is 11.7 Å². The van der Waals surface area contributed by atoms with Gasteiger partial charge in [-0.15, -0.1) is 0 Å². The van der Waals surface area contributed by atoms with E-state index in [-0.39, 0.29) is 28.6 Å². The number of hydrogen-bond donors (Lipinski definition) is 2. The standard InChI is InChI=1S/C16H17ClFN3O2/c1-21-8-11(7-19-21)15(9-4-14(22)5-9)20-16(23)10-2-12(17)6-13(18)3-10/h2-3,6-9,14-15,22H,4-5H2,1H3,(H,20,23)/t9?,14?,15-/m0/s1. The van der Waals surface area contributed by atoms with Crippen molar-refractivity contribution in [1.29, 1.82) is 0 Å². The number of carbonyl (C=O) groups excluding carboxylic acids is 1. The molecule has 1 saturated carbocycles. The smallest absolute Gasteiger partial charge is 0.251 e. The first-order valence-electron chi connectivity index (χ1n) is 7.36. The van der Waals surface area contributed by atoms with E-state index in [4.69, 9.17) is 11.6 Å². The minimum atomic E-state index is -0.556. The van der Waals surface area contributed by atoms with Gasteiger partial charge >= 0.3 is 0 Å². The van der Waals surface area contributed by atoms with Crippen LogP contribution in [0.15, 0.2) is 30.6 Å². The highest BCUT2D eigenvalue weighted by molar-refractivity contribution is 6.31. The number of aliphatic hydroxyl groups excluding tert-OH is 1. The van der Waals surface area contributed by atoms with E-state index >= 15 is 0 Å². The molecular weight excluding hydrogens is 321 g/mol. The lowest BCUT2D eigenvalue weighted by Crippen LogP contribution is -2.41. The van der Waals surface area contributed by atoms with Crippen molar-refractivity contribution in [3.63, 3.8) is 0 Å². The van der Waals surface area contributed by atoms with Crippen molar-refractivity contribution < 1.29 is 14.3 Å². The zero-order valence-electron chi connectivity index (χ0n) is 12.5. The second-order valence-corrected chi connectivity index (χ2v) is 6.38. The summed E-state index contributed by atoms with van der Waals surface area (Å²) < 4.78 is 15.1. The van der Waals surface area contributed by atoms with Gasteiger partial charge in [0.2, 0.25) is 0 Å². The summed E-state index contributed by atoms with van der Waals surface area (Å²) in [7, 11) is 1.80. The highest BCUT2D eigenvalue weighted by Crippen LogP contribution is 2.38. The molecule has 7 heteroatoms. The van der Waals surface area contributed by atoms with Crippen molar-refractivity contribution in [3.8, 4) is 0 Å². The Morgan fingerprint density at radius 1 is 1.48 bits per heavy atom. The molecule has 1 fully saturated rings. The van der Waals surface area contributed by atoms with E-state index in [9.17, 15) is 14.3 Å². The lowest BCUT2D eigenvalue weighted by molar-refractivity contribution is 0.0235. The second kappa shape index (κ2) is 6.29. The Balaban J connectivity index is 1.81. The van der Waals surface area contributed by atoms with E-state index in [1.54, 1.807) is 17.9 Å². The number of benzene rings is 1. The Morgan fingerprint density at radius 2 is 2.22 bits per heavy atom. The van der Waals surface area contributed by atoms with Gasteiger partial charge < -0.3 is 10.4 Å². The molecule has 0 unspecified atom stereocenters. The number of halogens is 2. The van der Waals surface area contributed by atoms with Crippen LogP contribution in [-0.2, 0) is 7.05 Å². The number of nitrogens with one attached hydrogen (secondary N) is 1. The number of aryl methyl sites for hydroxylation is 1. The van der Waals surface area contributed by atoms with Gasteiger partial charge in [0.1, 0.15) is 5.82 Å². The third-order valence-electron chi connectivity index (χ3n) is 4.12. The van der Waals surface area contributed by atoms with Gasteiger partial charge in [0.15, 0.2) is 0 Å². The monoisotopic (exact) mass is 337 g/mol. The third kappa shape index (κ3) is 3.54. The molecule has 1 aromatic heterocycles. The molecule has 2 N–H and O–H groups in total. The summed E-state index contributed by atoms with van der Waals surface area (Å²) in [5.74, 6) is -0.830. The largest absolute Gasteiger partial charge is 0.393 e. The highest BCUT2D eigenvalue weighted by atomic mass is 35.5. The molecule has 1 aliphatic rings. The van der Waals surface area contributed by atoms with Gasteiger partial charge in [-0.1, -0.05) is 11.6 Å². The maximum Gasteiger partial charge on any atom is 0.251 e. The molecule has 2 aromatic rings. The molecule has 1 amide bonds. The molecule has 1 atom stereocenters. The predicted octanol–water partition coefficient (Wildman–Crippen LogP) is 2.45. The second-order valence-electron chi connectivity index (χ2n) is 5.94. The minimum Gasteiger partial charge on any atom is -0.393 e. The number of nitrogens with zero attached hydrogens (tertiary/aromatic N) is 2. The van der Waals surface area contributed by atoms with Crippen molar-refractivity contribution in [1.82, 2.24) is 15.1 Å². The summed E-state index contributed by atoms with van der Waals surface area (Å²) in [5.41, 5.74) is 1.03. The number of amides is 1. The molecule has 0 spiro atoms. The average molecular weight is 338 g/mol. The van der Waals surface area contributed by atoms with Crippen LogP contribution in [0.1, 0.15) is 34.8 Å². The van der Waals surface area contributed by atoms with Crippen molar-refractivity contribution in [2.45, 2.75) is 25.0 Å². The summed E-state index contributed by atoms with van der Waals surface area (Å²) >= 11 is 5.80. The summed E-state index contributed by atoms with van der Waals surface area (Å²) in [6, 6.07) is 3.45. The molecule has 23 heavy (non-hydrogen) atoms. The number of hydrogen-bond acceptors (Lipinski definition) is 3. The molecule has 1 heterocycles. The van der Waals surface area contributed by atoms with Gasteiger partial charge in [-0.05, 0) is 37.0 Å². The number of carbonyl (C=O) groups is 1. The van der Waals surface area contributed by atoms with Crippen LogP contribution in [0.25, 0.3) is 0 Å². The van der Waals surface area contributed by atoms with Crippen LogP contribution in [0.5, 0.6) is 0 Å². The summed E-state index contributed by atoms with van der Waals surface area (Å²) in [4.78, 5) is 12.4. The molecule has 0 aliphatic heterocycles.